The summed E-state index contributed by atoms with van der Waals surface area (Å²) in [6, 6.07) is 8.43. The minimum Gasteiger partial charge on any atom is -0.372 e. The second-order valence-electron chi connectivity index (χ2n) is 4.02. The molecule has 0 saturated carbocycles. The molecule has 0 aliphatic carbocycles. The van der Waals surface area contributed by atoms with Crippen molar-refractivity contribution >= 4 is 5.69 Å². The molecule has 0 radical (unpaired) electrons. The number of anilines is 1. The van der Waals surface area contributed by atoms with Crippen molar-refractivity contribution in [3.8, 4) is 0 Å². The highest BCUT2D eigenvalue weighted by Gasteiger charge is 2.08. The van der Waals surface area contributed by atoms with Gasteiger partial charge in [-0.3, -0.25) is 4.90 Å². The lowest BCUT2D eigenvalue weighted by Crippen LogP contribution is -2.45. The molecule has 0 spiro atoms. The summed E-state index contributed by atoms with van der Waals surface area (Å²) in [5.74, 6) is 0. The molecule has 1 aliphatic rings. The lowest BCUT2D eigenvalue weighted by Gasteiger charge is -2.27. The first-order valence-electron chi connectivity index (χ1n) is 5.59. The van der Waals surface area contributed by atoms with Gasteiger partial charge in [-0.25, -0.2) is 0 Å². The van der Waals surface area contributed by atoms with Crippen molar-refractivity contribution < 1.29 is 0 Å². The van der Waals surface area contributed by atoms with Crippen LogP contribution in [0, 0.1) is 6.92 Å². The summed E-state index contributed by atoms with van der Waals surface area (Å²) in [5.41, 5.74) is 2.56. The molecule has 82 valence electrons. The molecule has 1 saturated heterocycles. The monoisotopic (exact) mass is 205 g/mol. The summed E-state index contributed by atoms with van der Waals surface area (Å²) in [5, 5.41) is 6.84. The molecule has 0 unspecified atom stereocenters. The first-order chi connectivity index (χ1) is 7.36. The van der Waals surface area contributed by atoms with E-state index in [0.29, 0.717) is 0 Å². The lowest BCUT2D eigenvalue weighted by molar-refractivity contribution is 0.256. The average Bonchev–Trinajstić information content (AvgIpc) is 2.29. The van der Waals surface area contributed by atoms with Crippen LogP contribution in [0.15, 0.2) is 24.3 Å². The highest BCUT2D eigenvalue weighted by Crippen LogP contribution is 2.12. The summed E-state index contributed by atoms with van der Waals surface area (Å²) < 4.78 is 0. The molecule has 1 heterocycles. The van der Waals surface area contributed by atoms with E-state index in [1.807, 2.05) is 0 Å². The van der Waals surface area contributed by atoms with E-state index in [1.165, 1.54) is 11.3 Å². The fourth-order valence-electron chi connectivity index (χ4n) is 1.84. The molecular formula is C12H19N3. The van der Waals surface area contributed by atoms with Crippen LogP contribution in [0.3, 0.4) is 0 Å². The van der Waals surface area contributed by atoms with Crippen LogP contribution in [-0.2, 0) is 0 Å². The van der Waals surface area contributed by atoms with Crippen LogP contribution in [-0.4, -0.2) is 37.7 Å². The molecule has 1 aromatic carbocycles. The third-order valence-corrected chi connectivity index (χ3v) is 2.85. The summed E-state index contributed by atoms with van der Waals surface area (Å²) in [6.45, 7) is 7.58. The summed E-state index contributed by atoms with van der Waals surface area (Å²) in [6.07, 6.45) is 0. The second kappa shape index (κ2) is 5.14. The zero-order valence-corrected chi connectivity index (χ0v) is 9.29. The van der Waals surface area contributed by atoms with E-state index in [9.17, 15) is 0 Å². The van der Waals surface area contributed by atoms with Crippen LogP contribution >= 0.6 is 0 Å². The van der Waals surface area contributed by atoms with Gasteiger partial charge in [0.25, 0.3) is 0 Å². The van der Waals surface area contributed by atoms with Gasteiger partial charge in [0, 0.05) is 31.9 Å². The third kappa shape index (κ3) is 2.94. The predicted molar refractivity (Wildman–Crippen MR) is 64.1 cm³/mol. The highest BCUT2D eigenvalue weighted by molar-refractivity contribution is 5.49. The van der Waals surface area contributed by atoms with Crippen molar-refractivity contribution in [3.63, 3.8) is 0 Å². The molecule has 3 heteroatoms. The molecule has 1 fully saturated rings. The topological polar surface area (TPSA) is 27.3 Å². The van der Waals surface area contributed by atoms with E-state index in [1.54, 1.807) is 0 Å². The second-order valence-corrected chi connectivity index (χ2v) is 4.02. The SMILES string of the molecule is Cc1ccccc1NCN1CCNCC1. The van der Waals surface area contributed by atoms with E-state index < -0.39 is 0 Å². The van der Waals surface area contributed by atoms with Crippen LogP contribution in [0.4, 0.5) is 5.69 Å². The Labute approximate surface area is 91.5 Å². The van der Waals surface area contributed by atoms with Crippen LogP contribution in [0.1, 0.15) is 5.56 Å². The zero-order valence-electron chi connectivity index (χ0n) is 9.29. The van der Waals surface area contributed by atoms with Gasteiger partial charge in [-0.05, 0) is 18.6 Å². The van der Waals surface area contributed by atoms with Gasteiger partial charge in [0.1, 0.15) is 0 Å². The van der Waals surface area contributed by atoms with E-state index in [2.05, 4.69) is 46.7 Å². The number of piperazine rings is 1. The zero-order chi connectivity index (χ0) is 10.5. The lowest BCUT2D eigenvalue weighted by atomic mass is 10.2. The molecule has 15 heavy (non-hydrogen) atoms. The number of hydrogen-bond donors (Lipinski definition) is 2. The number of hydrogen-bond acceptors (Lipinski definition) is 3. The molecule has 1 aromatic rings. The standard InChI is InChI=1S/C12H19N3/c1-11-4-2-3-5-12(11)14-10-15-8-6-13-7-9-15/h2-5,13-14H,6-10H2,1H3. The fourth-order valence-corrected chi connectivity index (χ4v) is 1.84. The predicted octanol–water partition coefficient (Wildman–Crippen LogP) is 1.27. The van der Waals surface area contributed by atoms with Crippen molar-refractivity contribution in [2.24, 2.45) is 0 Å². The Morgan fingerprint density at radius 3 is 2.73 bits per heavy atom. The Balaban J connectivity index is 1.84. The van der Waals surface area contributed by atoms with Crippen molar-refractivity contribution in [1.29, 1.82) is 0 Å². The van der Waals surface area contributed by atoms with Crippen LogP contribution < -0.4 is 10.6 Å². The smallest absolute Gasteiger partial charge is 0.0679 e. The fraction of sp³-hybridized carbons (Fsp3) is 0.500. The van der Waals surface area contributed by atoms with Crippen LogP contribution in [0.2, 0.25) is 0 Å². The van der Waals surface area contributed by atoms with Crippen molar-refractivity contribution in [2.45, 2.75) is 6.92 Å². The number of nitrogens with zero attached hydrogens (tertiary/aromatic N) is 1. The van der Waals surface area contributed by atoms with Gasteiger partial charge in [0.05, 0.1) is 6.67 Å². The Bertz CT molecular complexity index is 305. The third-order valence-electron chi connectivity index (χ3n) is 2.85. The Morgan fingerprint density at radius 1 is 1.27 bits per heavy atom. The Kier molecular flexibility index (Phi) is 3.59. The largest absolute Gasteiger partial charge is 0.372 e. The van der Waals surface area contributed by atoms with Gasteiger partial charge in [0.2, 0.25) is 0 Å². The van der Waals surface area contributed by atoms with E-state index in [0.717, 1.165) is 32.8 Å². The minimum absolute atomic E-state index is 0.951. The van der Waals surface area contributed by atoms with Crippen molar-refractivity contribution in [2.75, 3.05) is 38.2 Å². The highest BCUT2D eigenvalue weighted by atomic mass is 15.3. The number of rotatable bonds is 3. The van der Waals surface area contributed by atoms with E-state index >= 15 is 0 Å². The van der Waals surface area contributed by atoms with Crippen molar-refractivity contribution in [3.05, 3.63) is 29.8 Å². The Hall–Kier alpha value is -1.06. The van der Waals surface area contributed by atoms with Gasteiger partial charge in [0.15, 0.2) is 0 Å². The summed E-state index contributed by atoms with van der Waals surface area (Å²) >= 11 is 0. The number of aryl methyl sites for hydroxylation is 1. The van der Waals surface area contributed by atoms with Crippen LogP contribution in [0.25, 0.3) is 0 Å². The van der Waals surface area contributed by atoms with Gasteiger partial charge in [-0.15, -0.1) is 0 Å². The number of benzene rings is 1. The minimum atomic E-state index is 0.951. The molecule has 0 bridgehead atoms. The molecule has 0 amide bonds. The van der Waals surface area contributed by atoms with Gasteiger partial charge in [-0.2, -0.15) is 0 Å². The molecule has 0 aromatic heterocycles. The molecule has 0 atom stereocenters. The number of nitrogens with one attached hydrogen (secondary N) is 2. The average molecular weight is 205 g/mol. The molecular weight excluding hydrogens is 186 g/mol. The first kappa shape index (κ1) is 10.5. The maximum absolute atomic E-state index is 3.48. The summed E-state index contributed by atoms with van der Waals surface area (Å²) in [4.78, 5) is 2.43. The maximum Gasteiger partial charge on any atom is 0.0679 e. The molecule has 1 aliphatic heterocycles. The number of para-hydroxylation sites is 1. The first-order valence-corrected chi connectivity index (χ1v) is 5.59. The van der Waals surface area contributed by atoms with E-state index in [-0.39, 0.29) is 0 Å². The van der Waals surface area contributed by atoms with Gasteiger partial charge in [-0.1, -0.05) is 18.2 Å². The normalized spacial score (nSPS) is 17.7. The molecule has 3 nitrogen and oxygen atoms in total. The van der Waals surface area contributed by atoms with Crippen LogP contribution in [0.5, 0.6) is 0 Å². The van der Waals surface area contributed by atoms with Gasteiger partial charge < -0.3 is 10.6 Å². The summed E-state index contributed by atoms with van der Waals surface area (Å²) in [7, 11) is 0. The van der Waals surface area contributed by atoms with E-state index in [4.69, 9.17) is 0 Å². The van der Waals surface area contributed by atoms with Crippen molar-refractivity contribution in [1.82, 2.24) is 10.2 Å². The Morgan fingerprint density at radius 2 is 2.00 bits per heavy atom. The molecule has 2 rings (SSSR count). The van der Waals surface area contributed by atoms with Gasteiger partial charge >= 0.3 is 0 Å². The maximum atomic E-state index is 3.48. The molecule has 2 N–H and O–H groups in total. The quantitative estimate of drug-likeness (QED) is 0.778.